The lowest BCUT2D eigenvalue weighted by Crippen LogP contribution is -2.10. The number of halogens is 1. The third kappa shape index (κ3) is 6.09. The Morgan fingerprint density at radius 3 is 2.71 bits per heavy atom. The Labute approximate surface area is 223 Å². The van der Waals surface area contributed by atoms with Gasteiger partial charge in [-0.15, -0.1) is 0 Å². The van der Waals surface area contributed by atoms with Gasteiger partial charge < -0.3 is 16.0 Å². The topological polar surface area (TPSA) is 79.6 Å². The standard InChI is InChI=1S/C32H34FN5/c1-5-8-11-21(4)36-25(7-3)19-22(6-2)23-14-15-29(34)24(18-23)20-30-37-31-27(16-17-35-32(31)38-30)26-12-9-10-13-28(26)33/h6-7,9-10,12-19,36H,3-5,8,11,20,34H2,1-2H3,(H,35,37,38)/b22-6+,25-19+. The highest BCUT2D eigenvalue weighted by Gasteiger charge is 2.14. The maximum Gasteiger partial charge on any atom is 0.178 e. The first-order valence-electron chi connectivity index (χ1n) is 12.9. The van der Waals surface area contributed by atoms with Crippen molar-refractivity contribution < 1.29 is 4.39 Å². The van der Waals surface area contributed by atoms with Crippen LogP contribution in [-0.4, -0.2) is 15.0 Å². The van der Waals surface area contributed by atoms with Crippen LogP contribution in [0.1, 0.15) is 50.1 Å². The molecule has 0 radical (unpaired) electrons. The number of nitrogens with two attached hydrogens (primary N) is 1. The Balaban J connectivity index is 1.62. The number of pyridine rings is 1. The van der Waals surface area contributed by atoms with Crippen molar-refractivity contribution in [1.29, 1.82) is 0 Å². The Morgan fingerprint density at radius 2 is 1.97 bits per heavy atom. The minimum absolute atomic E-state index is 0.289. The Kier molecular flexibility index (Phi) is 8.54. The van der Waals surface area contributed by atoms with Gasteiger partial charge in [-0.05, 0) is 72.9 Å². The molecule has 0 bridgehead atoms. The number of unbranched alkanes of at least 4 members (excludes halogenated alkanes) is 1. The van der Waals surface area contributed by atoms with E-state index in [1.807, 2.05) is 25.1 Å². The molecule has 0 atom stereocenters. The van der Waals surface area contributed by atoms with Crippen LogP contribution in [0, 0.1) is 5.82 Å². The number of hydrogen-bond donors (Lipinski definition) is 3. The van der Waals surface area contributed by atoms with E-state index in [9.17, 15) is 4.39 Å². The number of aromatic amines is 1. The second-order valence-corrected chi connectivity index (χ2v) is 9.19. The zero-order valence-corrected chi connectivity index (χ0v) is 22.0. The summed E-state index contributed by atoms with van der Waals surface area (Å²) in [5, 5.41) is 3.37. The van der Waals surface area contributed by atoms with Crippen molar-refractivity contribution in [2.24, 2.45) is 0 Å². The second kappa shape index (κ2) is 12.2. The maximum atomic E-state index is 14.5. The fraction of sp³-hybridized carbons (Fsp3) is 0.188. The molecule has 0 fully saturated rings. The molecule has 0 amide bonds. The third-order valence-corrected chi connectivity index (χ3v) is 6.43. The maximum absolute atomic E-state index is 14.5. The lowest BCUT2D eigenvalue weighted by molar-refractivity contribution is 0.631. The molecule has 4 N–H and O–H groups in total. The second-order valence-electron chi connectivity index (χ2n) is 9.19. The molecule has 4 aromatic rings. The fourth-order valence-corrected chi connectivity index (χ4v) is 4.37. The average molecular weight is 508 g/mol. The van der Waals surface area contributed by atoms with Crippen molar-refractivity contribution in [3.8, 4) is 11.1 Å². The number of fused-ring (bicyclic) bond motifs is 1. The summed E-state index contributed by atoms with van der Waals surface area (Å²) < 4.78 is 14.5. The number of hydrogen-bond acceptors (Lipinski definition) is 4. The van der Waals surface area contributed by atoms with Crippen molar-refractivity contribution in [2.45, 2.75) is 39.5 Å². The fourth-order valence-electron chi connectivity index (χ4n) is 4.37. The molecule has 4 rings (SSSR count). The number of anilines is 1. The number of benzene rings is 2. The molecular weight excluding hydrogens is 473 g/mol. The highest BCUT2D eigenvalue weighted by Crippen LogP contribution is 2.29. The van der Waals surface area contributed by atoms with Crippen molar-refractivity contribution in [1.82, 2.24) is 20.3 Å². The van der Waals surface area contributed by atoms with Gasteiger partial charge in [0.15, 0.2) is 5.65 Å². The molecule has 38 heavy (non-hydrogen) atoms. The summed E-state index contributed by atoms with van der Waals surface area (Å²) in [5.74, 6) is 0.417. The molecular formula is C32H34FN5. The summed E-state index contributed by atoms with van der Waals surface area (Å²) in [6.45, 7) is 12.3. The SMILES string of the molecule is C=C/C(=C\C(=C/C)c1ccc(N)c(Cc2nc3nccc(-c4ccccc4F)c3[nH]2)c1)NC(=C)CCCC. The predicted molar refractivity (Wildman–Crippen MR) is 157 cm³/mol. The normalized spacial score (nSPS) is 12.1. The van der Waals surface area contributed by atoms with E-state index in [0.717, 1.165) is 52.9 Å². The number of aromatic nitrogens is 3. The molecule has 0 aliphatic rings. The third-order valence-electron chi connectivity index (χ3n) is 6.43. The Morgan fingerprint density at radius 1 is 1.16 bits per heavy atom. The van der Waals surface area contributed by atoms with E-state index < -0.39 is 0 Å². The zero-order valence-electron chi connectivity index (χ0n) is 22.0. The molecule has 2 aromatic heterocycles. The minimum Gasteiger partial charge on any atom is -0.398 e. The average Bonchev–Trinajstić information content (AvgIpc) is 3.34. The molecule has 5 nitrogen and oxygen atoms in total. The van der Waals surface area contributed by atoms with Gasteiger partial charge in [0.25, 0.3) is 0 Å². The number of nitrogens with zero attached hydrogens (tertiary/aromatic N) is 2. The number of allylic oxidation sites excluding steroid dienone is 5. The van der Waals surface area contributed by atoms with Crippen LogP contribution in [0.5, 0.6) is 0 Å². The first kappa shape index (κ1) is 26.6. The summed E-state index contributed by atoms with van der Waals surface area (Å²) in [4.78, 5) is 12.4. The van der Waals surface area contributed by atoms with Crippen LogP contribution >= 0.6 is 0 Å². The first-order chi connectivity index (χ1) is 18.4. The van der Waals surface area contributed by atoms with Crippen molar-refractivity contribution in [2.75, 3.05) is 5.73 Å². The molecule has 0 aliphatic heterocycles. The van der Waals surface area contributed by atoms with E-state index >= 15 is 0 Å². The smallest absolute Gasteiger partial charge is 0.178 e. The Hall–Kier alpha value is -4.45. The quantitative estimate of drug-likeness (QED) is 0.143. The van der Waals surface area contributed by atoms with Crippen LogP contribution in [0.25, 0.3) is 27.9 Å². The summed E-state index contributed by atoms with van der Waals surface area (Å²) in [7, 11) is 0. The van der Waals surface area contributed by atoms with Crippen molar-refractivity contribution in [3.05, 3.63) is 120 Å². The highest BCUT2D eigenvalue weighted by molar-refractivity contribution is 5.90. The van der Waals surface area contributed by atoms with Gasteiger partial charge in [-0.1, -0.05) is 56.8 Å². The first-order valence-corrected chi connectivity index (χ1v) is 12.9. The monoisotopic (exact) mass is 507 g/mol. The lowest BCUT2D eigenvalue weighted by Gasteiger charge is -2.13. The van der Waals surface area contributed by atoms with E-state index in [1.54, 1.807) is 30.5 Å². The molecule has 194 valence electrons. The van der Waals surface area contributed by atoms with Crippen LogP contribution in [0.2, 0.25) is 0 Å². The molecule has 0 saturated heterocycles. The lowest BCUT2D eigenvalue weighted by atomic mass is 9.99. The molecule has 6 heteroatoms. The zero-order chi connectivity index (χ0) is 27.1. The summed E-state index contributed by atoms with van der Waals surface area (Å²) in [5.41, 5.74) is 14.4. The minimum atomic E-state index is -0.289. The molecule has 2 heterocycles. The van der Waals surface area contributed by atoms with Gasteiger partial charge in [0.2, 0.25) is 0 Å². The highest BCUT2D eigenvalue weighted by atomic mass is 19.1. The van der Waals surface area contributed by atoms with Crippen molar-refractivity contribution in [3.63, 3.8) is 0 Å². The van der Waals surface area contributed by atoms with Gasteiger partial charge in [-0.25, -0.2) is 14.4 Å². The largest absolute Gasteiger partial charge is 0.398 e. The van der Waals surface area contributed by atoms with Crippen molar-refractivity contribution >= 4 is 22.4 Å². The van der Waals surface area contributed by atoms with Crippen LogP contribution in [-0.2, 0) is 6.42 Å². The number of imidazole rings is 1. The van der Waals surface area contributed by atoms with Crippen LogP contribution in [0.3, 0.4) is 0 Å². The number of rotatable bonds is 11. The van der Waals surface area contributed by atoms with Gasteiger partial charge in [0.1, 0.15) is 11.6 Å². The van der Waals surface area contributed by atoms with E-state index in [0.29, 0.717) is 34.7 Å². The van der Waals surface area contributed by atoms with E-state index in [1.165, 1.54) is 6.07 Å². The molecule has 2 aromatic carbocycles. The number of nitrogens with one attached hydrogen (secondary N) is 2. The molecule has 0 aliphatic carbocycles. The molecule has 0 unspecified atom stereocenters. The van der Waals surface area contributed by atoms with E-state index in [4.69, 9.17) is 5.73 Å². The van der Waals surface area contributed by atoms with Crippen LogP contribution in [0.4, 0.5) is 10.1 Å². The van der Waals surface area contributed by atoms with E-state index in [-0.39, 0.29) is 5.82 Å². The number of H-pyrrole nitrogens is 1. The van der Waals surface area contributed by atoms with Crippen LogP contribution < -0.4 is 11.1 Å². The summed E-state index contributed by atoms with van der Waals surface area (Å²) >= 11 is 0. The summed E-state index contributed by atoms with van der Waals surface area (Å²) in [6.07, 6.45) is 11.2. The van der Waals surface area contributed by atoms with Crippen LogP contribution in [0.15, 0.2) is 97.5 Å². The van der Waals surface area contributed by atoms with Gasteiger partial charge in [-0.2, -0.15) is 0 Å². The van der Waals surface area contributed by atoms with Gasteiger partial charge >= 0.3 is 0 Å². The predicted octanol–water partition coefficient (Wildman–Crippen LogP) is 7.70. The van der Waals surface area contributed by atoms with Gasteiger partial charge in [0.05, 0.1) is 5.52 Å². The molecule has 0 saturated carbocycles. The summed E-state index contributed by atoms with van der Waals surface area (Å²) in [6, 6.07) is 14.5. The van der Waals surface area contributed by atoms with E-state index in [2.05, 4.69) is 58.6 Å². The molecule has 0 spiro atoms. The van der Waals surface area contributed by atoms with Gasteiger partial charge in [0, 0.05) is 40.8 Å². The Bertz CT molecular complexity index is 1530. The van der Waals surface area contributed by atoms with Gasteiger partial charge in [-0.3, -0.25) is 0 Å². The number of nitrogen functional groups attached to an aromatic ring is 1.